The van der Waals surface area contributed by atoms with E-state index in [0.717, 1.165) is 16.7 Å². The van der Waals surface area contributed by atoms with Gasteiger partial charge >= 0.3 is 0 Å². The number of hydrogen-bond acceptors (Lipinski definition) is 2. The van der Waals surface area contributed by atoms with Gasteiger partial charge in [0.1, 0.15) is 0 Å². The highest BCUT2D eigenvalue weighted by molar-refractivity contribution is 9.10. The Morgan fingerprint density at radius 3 is 2.78 bits per heavy atom. The van der Waals surface area contributed by atoms with Gasteiger partial charge < -0.3 is 5.73 Å². The Labute approximate surface area is 119 Å². The van der Waals surface area contributed by atoms with Crippen molar-refractivity contribution in [1.29, 1.82) is 0 Å². The molecule has 0 bridgehead atoms. The monoisotopic (exact) mass is 310 g/mol. The van der Waals surface area contributed by atoms with Crippen molar-refractivity contribution in [3.8, 4) is 0 Å². The van der Waals surface area contributed by atoms with Crippen LogP contribution in [0.4, 0.5) is 5.69 Å². The van der Waals surface area contributed by atoms with Crippen molar-refractivity contribution in [2.24, 2.45) is 5.41 Å². The molecular formula is C15H23BrN2. The molecule has 2 nitrogen and oxygen atoms in total. The van der Waals surface area contributed by atoms with E-state index in [1.165, 1.54) is 37.9 Å². The highest BCUT2D eigenvalue weighted by Crippen LogP contribution is 2.31. The third-order valence-electron chi connectivity index (χ3n) is 3.90. The summed E-state index contributed by atoms with van der Waals surface area (Å²) >= 11 is 3.61. The normalized spacial score (nSPS) is 20.6. The Balaban J connectivity index is 2.01. The molecule has 1 aromatic rings. The number of hydrogen-bond donors (Lipinski definition) is 1. The van der Waals surface area contributed by atoms with Crippen molar-refractivity contribution in [3.05, 3.63) is 28.2 Å². The number of halogens is 1. The fraction of sp³-hybridized carbons (Fsp3) is 0.600. The Hall–Kier alpha value is -0.540. The molecule has 100 valence electrons. The lowest BCUT2D eigenvalue weighted by Gasteiger charge is -2.23. The quantitative estimate of drug-likeness (QED) is 0.835. The lowest BCUT2D eigenvalue weighted by atomic mass is 9.85. The fourth-order valence-corrected chi connectivity index (χ4v) is 3.09. The van der Waals surface area contributed by atoms with Crippen LogP contribution in [0, 0.1) is 5.41 Å². The van der Waals surface area contributed by atoms with Gasteiger partial charge in [0, 0.05) is 16.7 Å². The summed E-state index contributed by atoms with van der Waals surface area (Å²) < 4.78 is 1.13. The van der Waals surface area contributed by atoms with Crippen LogP contribution in [-0.2, 0) is 6.54 Å². The van der Waals surface area contributed by atoms with Crippen LogP contribution in [0.5, 0.6) is 0 Å². The largest absolute Gasteiger partial charge is 0.399 e. The van der Waals surface area contributed by atoms with Crippen LogP contribution in [0.25, 0.3) is 0 Å². The summed E-state index contributed by atoms with van der Waals surface area (Å²) in [6, 6.07) is 6.12. The van der Waals surface area contributed by atoms with Crippen LogP contribution in [-0.4, -0.2) is 18.0 Å². The number of anilines is 1. The van der Waals surface area contributed by atoms with Gasteiger partial charge in [0.15, 0.2) is 0 Å². The van der Waals surface area contributed by atoms with Crippen LogP contribution in [0.1, 0.15) is 38.7 Å². The predicted molar refractivity (Wildman–Crippen MR) is 81.5 cm³/mol. The minimum absolute atomic E-state index is 0.507. The minimum atomic E-state index is 0.507. The maximum Gasteiger partial charge on any atom is 0.0325 e. The van der Waals surface area contributed by atoms with Gasteiger partial charge in [-0.2, -0.15) is 0 Å². The summed E-state index contributed by atoms with van der Waals surface area (Å²) in [4.78, 5) is 2.56. The maximum atomic E-state index is 5.78. The molecule has 2 rings (SSSR count). The Morgan fingerprint density at radius 2 is 2.06 bits per heavy atom. The molecule has 1 aromatic carbocycles. The summed E-state index contributed by atoms with van der Waals surface area (Å²) in [6.45, 7) is 8.20. The number of benzene rings is 1. The first-order valence-electron chi connectivity index (χ1n) is 6.73. The van der Waals surface area contributed by atoms with E-state index in [1.807, 2.05) is 12.1 Å². The van der Waals surface area contributed by atoms with Crippen molar-refractivity contribution in [2.45, 2.75) is 39.7 Å². The van der Waals surface area contributed by atoms with E-state index in [-0.39, 0.29) is 0 Å². The van der Waals surface area contributed by atoms with E-state index in [0.29, 0.717) is 5.41 Å². The zero-order valence-corrected chi connectivity index (χ0v) is 13.0. The fourth-order valence-electron chi connectivity index (χ4n) is 2.57. The molecule has 0 unspecified atom stereocenters. The summed E-state index contributed by atoms with van der Waals surface area (Å²) in [5.41, 5.74) is 8.44. The molecule has 18 heavy (non-hydrogen) atoms. The summed E-state index contributed by atoms with van der Waals surface area (Å²) in [6.07, 6.45) is 3.94. The van der Waals surface area contributed by atoms with Gasteiger partial charge in [0.05, 0.1) is 0 Å². The molecular weight excluding hydrogens is 288 g/mol. The Bertz CT molecular complexity index is 415. The van der Waals surface area contributed by atoms with Crippen molar-refractivity contribution in [3.63, 3.8) is 0 Å². The van der Waals surface area contributed by atoms with Gasteiger partial charge in [0.25, 0.3) is 0 Å². The first kappa shape index (κ1) is 13.9. The smallest absolute Gasteiger partial charge is 0.0325 e. The Morgan fingerprint density at radius 1 is 1.28 bits per heavy atom. The number of nitrogens with zero attached hydrogens (tertiary/aromatic N) is 1. The number of likely N-dealkylation sites (tertiary alicyclic amines) is 1. The summed E-state index contributed by atoms with van der Waals surface area (Å²) in [7, 11) is 0. The van der Waals surface area contributed by atoms with Crippen molar-refractivity contribution < 1.29 is 0 Å². The SMILES string of the molecule is CC1(C)CCCN(Cc2ccc(N)cc2Br)CC1. The molecule has 0 saturated carbocycles. The third kappa shape index (κ3) is 3.72. The second kappa shape index (κ2) is 5.62. The number of nitrogen functional groups attached to an aromatic ring is 1. The average molecular weight is 311 g/mol. The minimum Gasteiger partial charge on any atom is -0.399 e. The van der Waals surface area contributed by atoms with E-state index in [4.69, 9.17) is 5.73 Å². The first-order chi connectivity index (χ1) is 8.46. The van der Waals surface area contributed by atoms with E-state index < -0.39 is 0 Å². The van der Waals surface area contributed by atoms with Gasteiger partial charge in [-0.05, 0) is 55.5 Å². The van der Waals surface area contributed by atoms with Crippen molar-refractivity contribution in [2.75, 3.05) is 18.8 Å². The average Bonchev–Trinajstić information content (AvgIpc) is 2.44. The van der Waals surface area contributed by atoms with Crippen LogP contribution in [0.3, 0.4) is 0 Å². The molecule has 1 saturated heterocycles. The van der Waals surface area contributed by atoms with Gasteiger partial charge in [-0.15, -0.1) is 0 Å². The topological polar surface area (TPSA) is 29.3 Å². The van der Waals surface area contributed by atoms with Crippen LogP contribution in [0.15, 0.2) is 22.7 Å². The van der Waals surface area contributed by atoms with E-state index in [9.17, 15) is 0 Å². The zero-order valence-electron chi connectivity index (χ0n) is 11.4. The lowest BCUT2D eigenvalue weighted by molar-refractivity contribution is 0.255. The molecule has 1 aliphatic rings. The lowest BCUT2D eigenvalue weighted by Crippen LogP contribution is -2.25. The zero-order chi connectivity index (χ0) is 13.2. The molecule has 0 aliphatic carbocycles. The molecule has 1 fully saturated rings. The van der Waals surface area contributed by atoms with Gasteiger partial charge in [-0.3, -0.25) is 4.90 Å². The van der Waals surface area contributed by atoms with E-state index in [1.54, 1.807) is 0 Å². The molecule has 0 aromatic heterocycles. The van der Waals surface area contributed by atoms with Gasteiger partial charge in [-0.25, -0.2) is 0 Å². The van der Waals surface area contributed by atoms with Crippen molar-refractivity contribution in [1.82, 2.24) is 4.90 Å². The highest BCUT2D eigenvalue weighted by atomic mass is 79.9. The van der Waals surface area contributed by atoms with Crippen molar-refractivity contribution >= 4 is 21.6 Å². The summed E-state index contributed by atoms with van der Waals surface area (Å²) in [5.74, 6) is 0. The third-order valence-corrected chi connectivity index (χ3v) is 4.64. The highest BCUT2D eigenvalue weighted by Gasteiger charge is 2.23. The first-order valence-corrected chi connectivity index (χ1v) is 7.52. The molecule has 0 spiro atoms. The Kier molecular flexibility index (Phi) is 4.33. The molecule has 0 atom stereocenters. The second-order valence-corrected chi connectivity index (χ2v) is 7.00. The van der Waals surface area contributed by atoms with Gasteiger partial charge in [0.2, 0.25) is 0 Å². The molecule has 0 radical (unpaired) electrons. The number of nitrogens with two attached hydrogens (primary N) is 1. The van der Waals surface area contributed by atoms with E-state index >= 15 is 0 Å². The van der Waals surface area contributed by atoms with Gasteiger partial charge in [-0.1, -0.05) is 35.8 Å². The number of rotatable bonds is 2. The molecule has 1 heterocycles. The van der Waals surface area contributed by atoms with Crippen LogP contribution >= 0.6 is 15.9 Å². The molecule has 0 amide bonds. The van der Waals surface area contributed by atoms with Crippen LogP contribution in [0.2, 0.25) is 0 Å². The molecule has 2 N–H and O–H groups in total. The van der Waals surface area contributed by atoms with E-state index in [2.05, 4.69) is 40.7 Å². The van der Waals surface area contributed by atoms with Crippen LogP contribution < -0.4 is 5.73 Å². The standard InChI is InChI=1S/C15H23BrN2/c1-15(2)6-3-8-18(9-7-15)11-12-4-5-13(17)10-14(12)16/h4-5,10H,3,6-9,11,17H2,1-2H3. The molecule has 1 aliphatic heterocycles. The predicted octanol–water partition coefficient (Wildman–Crippen LogP) is 4.04. The molecule has 3 heteroatoms. The summed E-state index contributed by atoms with van der Waals surface area (Å²) in [5, 5.41) is 0. The maximum absolute atomic E-state index is 5.78. The second-order valence-electron chi connectivity index (χ2n) is 6.14.